The molecule has 178 valence electrons. The van der Waals surface area contributed by atoms with Crippen LogP contribution in [0.4, 0.5) is 0 Å². The van der Waals surface area contributed by atoms with E-state index in [0.717, 1.165) is 50.5 Å². The van der Waals surface area contributed by atoms with E-state index in [1.807, 2.05) is 18.2 Å². The molecule has 0 aromatic heterocycles. The molecule has 2 amide bonds. The quantitative estimate of drug-likeness (QED) is 0.517. The second-order valence-electron chi connectivity index (χ2n) is 7.89. The van der Waals surface area contributed by atoms with Crippen molar-refractivity contribution in [3.8, 4) is 11.5 Å². The molecular formula is C23H34N2O7. The molecule has 1 aliphatic heterocycles. The lowest BCUT2D eigenvalue weighted by Gasteiger charge is -2.29. The van der Waals surface area contributed by atoms with Crippen LogP contribution in [0.2, 0.25) is 0 Å². The molecule has 0 bridgehead atoms. The number of nitrogens with one attached hydrogen (secondary N) is 2. The molecule has 1 unspecified atom stereocenters. The van der Waals surface area contributed by atoms with Gasteiger partial charge in [-0.1, -0.05) is 6.07 Å². The SMILES string of the molecule is COc1ccc(CCNC(=O)C2CCC(NC(=O)C3CCCO3)CC2)cc1OC.O=CO. The fourth-order valence-electron chi connectivity index (χ4n) is 4.09. The van der Waals surface area contributed by atoms with E-state index in [4.69, 9.17) is 24.1 Å². The van der Waals surface area contributed by atoms with Crippen molar-refractivity contribution in [2.75, 3.05) is 27.4 Å². The molecule has 0 spiro atoms. The first-order valence-electron chi connectivity index (χ1n) is 11.0. The topological polar surface area (TPSA) is 123 Å². The molecule has 1 aromatic rings. The molecule has 1 heterocycles. The van der Waals surface area contributed by atoms with Crippen LogP contribution >= 0.6 is 0 Å². The molecule has 32 heavy (non-hydrogen) atoms. The Bertz CT molecular complexity index is 742. The Morgan fingerprint density at radius 3 is 2.38 bits per heavy atom. The number of carbonyl (C=O) groups excluding carboxylic acids is 2. The van der Waals surface area contributed by atoms with Crippen LogP contribution in [0.3, 0.4) is 0 Å². The van der Waals surface area contributed by atoms with E-state index in [9.17, 15) is 9.59 Å². The van der Waals surface area contributed by atoms with Crippen molar-refractivity contribution in [2.24, 2.45) is 5.92 Å². The molecule has 0 radical (unpaired) electrons. The van der Waals surface area contributed by atoms with Crippen LogP contribution in [-0.4, -0.2) is 62.9 Å². The highest BCUT2D eigenvalue weighted by molar-refractivity contribution is 5.81. The minimum absolute atomic E-state index is 0.00493. The van der Waals surface area contributed by atoms with Gasteiger partial charge in [-0.2, -0.15) is 0 Å². The van der Waals surface area contributed by atoms with Crippen molar-refractivity contribution in [1.29, 1.82) is 0 Å². The van der Waals surface area contributed by atoms with Gasteiger partial charge in [0.2, 0.25) is 11.8 Å². The first kappa shape index (κ1) is 25.5. The van der Waals surface area contributed by atoms with Gasteiger partial charge in [0.25, 0.3) is 6.47 Å². The second kappa shape index (κ2) is 13.6. The molecule has 1 aromatic carbocycles. The summed E-state index contributed by atoms with van der Waals surface area (Å²) in [5, 5.41) is 13.0. The van der Waals surface area contributed by atoms with Gasteiger partial charge in [0.05, 0.1) is 14.2 Å². The van der Waals surface area contributed by atoms with Gasteiger partial charge >= 0.3 is 0 Å². The van der Waals surface area contributed by atoms with Gasteiger partial charge in [0.1, 0.15) is 6.10 Å². The monoisotopic (exact) mass is 450 g/mol. The first-order chi connectivity index (χ1) is 15.5. The molecule has 2 aliphatic rings. The number of benzene rings is 1. The van der Waals surface area contributed by atoms with Crippen molar-refractivity contribution in [3.05, 3.63) is 23.8 Å². The summed E-state index contributed by atoms with van der Waals surface area (Å²) in [7, 11) is 3.23. The standard InChI is InChI=1S/C22H32N2O5.CH2O2/c1-27-18-10-5-15(14-20(18)28-2)11-12-23-21(25)16-6-8-17(9-7-16)24-22(26)19-4-3-13-29-19;2-1-3/h5,10,14,16-17,19H,3-4,6-9,11-13H2,1-2H3,(H,23,25)(H,24,26);1H,(H,2,3). The van der Waals surface area contributed by atoms with Crippen molar-refractivity contribution in [3.63, 3.8) is 0 Å². The lowest BCUT2D eigenvalue weighted by Crippen LogP contribution is -2.44. The molecule has 1 aliphatic carbocycles. The Labute approximate surface area is 188 Å². The van der Waals surface area contributed by atoms with Gasteiger partial charge in [-0.3, -0.25) is 14.4 Å². The minimum atomic E-state index is -0.285. The van der Waals surface area contributed by atoms with Crippen molar-refractivity contribution >= 4 is 18.3 Å². The van der Waals surface area contributed by atoms with Crippen molar-refractivity contribution in [1.82, 2.24) is 10.6 Å². The second-order valence-corrected chi connectivity index (χ2v) is 7.89. The molecule has 3 rings (SSSR count). The minimum Gasteiger partial charge on any atom is -0.493 e. The number of hydrogen-bond donors (Lipinski definition) is 3. The Kier molecular flexibility index (Phi) is 10.8. The molecule has 9 nitrogen and oxygen atoms in total. The van der Waals surface area contributed by atoms with E-state index in [-0.39, 0.29) is 36.4 Å². The fraction of sp³-hybridized carbons (Fsp3) is 0.609. The lowest BCUT2D eigenvalue weighted by molar-refractivity contribution is -0.131. The van der Waals surface area contributed by atoms with Crippen LogP contribution in [0.25, 0.3) is 0 Å². The number of rotatable bonds is 8. The Balaban J connectivity index is 0.00000114. The molecule has 3 N–H and O–H groups in total. The zero-order chi connectivity index (χ0) is 23.3. The Hall–Kier alpha value is -2.81. The third kappa shape index (κ3) is 7.71. The third-order valence-corrected chi connectivity index (χ3v) is 5.83. The highest BCUT2D eigenvalue weighted by atomic mass is 16.5. The van der Waals surface area contributed by atoms with E-state index in [0.29, 0.717) is 24.7 Å². The Morgan fingerprint density at radius 1 is 1.09 bits per heavy atom. The number of hydrogen-bond acceptors (Lipinski definition) is 6. The summed E-state index contributed by atoms with van der Waals surface area (Å²) in [5.74, 6) is 1.53. The molecule has 9 heteroatoms. The van der Waals surface area contributed by atoms with Crippen molar-refractivity contribution < 1.29 is 33.7 Å². The highest BCUT2D eigenvalue weighted by Crippen LogP contribution is 2.28. The number of carboxylic acid groups (broad SMARTS) is 1. The van der Waals surface area contributed by atoms with Crippen LogP contribution in [0.5, 0.6) is 11.5 Å². The lowest BCUT2D eigenvalue weighted by atomic mass is 9.85. The number of carbonyl (C=O) groups is 3. The van der Waals surface area contributed by atoms with Gasteiger partial charge in [-0.15, -0.1) is 0 Å². The summed E-state index contributed by atoms with van der Waals surface area (Å²) in [5.41, 5.74) is 1.09. The summed E-state index contributed by atoms with van der Waals surface area (Å²) in [6, 6.07) is 5.95. The smallest absolute Gasteiger partial charge is 0.290 e. The van der Waals surface area contributed by atoms with E-state index in [1.165, 1.54) is 0 Å². The van der Waals surface area contributed by atoms with Crippen LogP contribution in [0, 0.1) is 5.92 Å². The zero-order valence-electron chi connectivity index (χ0n) is 18.8. The number of ether oxygens (including phenoxy) is 3. The average Bonchev–Trinajstić information content (AvgIpc) is 3.35. The van der Waals surface area contributed by atoms with Gasteiger partial charge in [0.15, 0.2) is 11.5 Å². The Morgan fingerprint density at radius 2 is 1.78 bits per heavy atom. The summed E-state index contributed by atoms with van der Waals surface area (Å²) in [6.07, 6.45) is 5.50. The summed E-state index contributed by atoms with van der Waals surface area (Å²) in [4.78, 5) is 33.0. The average molecular weight is 451 g/mol. The van der Waals surface area contributed by atoms with E-state index in [1.54, 1.807) is 14.2 Å². The maximum Gasteiger partial charge on any atom is 0.290 e. The molecule has 2 fully saturated rings. The number of methoxy groups -OCH3 is 2. The highest BCUT2D eigenvalue weighted by Gasteiger charge is 2.30. The maximum atomic E-state index is 12.5. The van der Waals surface area contributed by atoms with Crippen LogP contribution in [-0.2, 0) is 25.5 Å². The maximum absolute atomic E-state index is 12.5. The zero-order valence-corrected chi connectivity index (χ0v) is 18.8. The first-order valence-corrected chi connectivity index (χ1v) is 11.0. The molecular weight excluding hydrogens is 416 g/mol. The van der Waals surface area contributed by atoms with Crippen molar-refractivity contribution in [2.45, 2.75) is 57.1 Å². The fourth-order valence-corrected chi connectivity index (χ4v) is 4.09. The largest absolute Gasteiger partial charge is 0.493 e. The summed E-state index contributed by atoms with van der Waals surface area (Å²) in [6.45, 7) is 1.01. The van der Waals surface area contributed by atoms with Gasteiger partial charge in [-0.05, 0) is 62.6 Å². The van der Waals surface area contributed by atoms with E-state index in [2.05, 4.69) is 10.6 Å². The van der Waals surface area contributed by atoms with Crippen LogP contribution < -0.4 is 20.1 Å². The normalized spacial score (nSPS) is 22.1. The van der Waals surface area contributed by atoms with Gasteiger partial charge in [0, 0.05) is 25.1 Å². The van der Waals surface area contributed by atoms with Gasteiger partial charge in [-0.25, -0.2) is 0 Å². The molecule has 1 saturated carbocycles. The summed E-state index contributed by atoms with van der Waals surface area (Å²) < 4.78 is 16.0. The summed E-state index contributed by atoms with van der Waals surface area (Å²) >= 11 is 0. The predicted molar refractivity (Wildman–Crippen MR) is 118 cm³/mol. The third-order valence-electron chi connectivity index (χ3n) is 5.83. The molecule has 1 atom stereocenters. The van der Waals surface area contributed by atoms with Crippen LogP contribution in [0.1, 0.15) is 44.1 Å². The van der Waals surface area contributed by atoms with Crippen LogP contribution in [0.15, 0.2) is 18.2 Å². The van der Waals surface area contributed by atoms with Gasteiger partial charge < -0.3 is 30.0 Å². The molecule has 1 saturated heterocycles. The van der Waals surface area contributed by atoms with E-state index < -0.39 is 0 Å². The predicted octanol–water partition coefficient (Wildman–Crippen LogP) is 1.92. The van der Waals surface area contributed by atoms with E-state index >= 15 is 0 Å². The number of amides is 2.